The van der Waals surface area contributed by atoms with Gasteiger partial charge in [-0.15, -0.1) is 0 Å². The van der Waals surface area contributed by atoms with Crippen LogP contribution in [0.1, 0.15) is 46.0 Å². The Morgan fingerprint density at radius 1 is 1.35 bits per heavy atom. The molecule has 1 unspecified atom stereocenters. The van der Waals surface area contributed by atoms with E-state index in [1.165, 1.54) is 19.3 Å². The molecule has 118 valence electrons. The van der Waals surface area contributed by atoms with Gasteiger partial charge in [0.1, 0.15) is 0 Å². The van der Waals surface area contributed by atoms with Gasteiger partial charge in [0.15, 0.2) is 0 Å². The Balaban J connectivity index is 2.13. The minimum Gasteiger partial charge on any atom is -0.389 e. The summed E-state index contributed by atoms with van der Waals surface area (Å²) in [4.78, 5) is 11.6. The molecule has 1 fully saturated rings. The highest BCUT2D eigenvalue weighted by atomic mass is 16.5. The summed E-state index contributed by atoms with van der Waals surface area (Å²) >= 11 is 0. The molecule has 5 nitrogen and oxygen atoms in total. The van der Waals surface area contributed by atoms with E-state index >= 15 is 0 Å². The van der Waals surface area contributed by atoms with Crippen LogP contribution in [0.25, 0.3) is 0 Å². The van der Waals surface area contributed by atoms with E-state index in [2.05, 4.69) is 10.6 Å². The van der Waals surface area contributed by atoms with Gasteiger partial charge in [-0.2, -0.15) is 0 Å². The summed E-state index contributed by atoms with van der Waals surface area (Å²) in [5, 5.41) is 15.7. The smallest absolute Gasteiger partial charge is 0.226 e. The predicted octanol–water partition coefficient (Wildman–Crippen LogP) is 1.06. The van der Waals surface area contributed by atoms with E-state index in [4.69, 9.17) is 4.74 Å². The van der Waals surface area contributed by atoms with Crippen LogP contribution >= 0.6 is 0 Å². The molecule has 1 amide bonds. The summed E-state index contributed by atoms with van der Waals surface area (Å²) in [6, 6.07) is 0. The van der Waals surface area contributed by atoms with Gasteiger partial charge in [0.25, 0.3) is 0 Å². The average molecular weight is 286 g/mol. The maximum Gasteiger partial charge on any atom is 0.226 e. The SMILES string of the molecule is CNC(=O)C(C)(C)CNCC(O)COC1CCCCC1. The standard InChI is InChI=1S/C15H30N2O3/c1-15(2,14(19)16-3)11-17-9-12(18)10-20-13-7-5-4-6-8-13/h12-13,17-18H,4-11H2,1-3H3,(H,16,19). The third-order valence-electron chi connectivity index (χ3n) is 3.87. The van der Waals surface area contributed by atoms with Crippen molar-refractivity contribution in [3.8, 4) is 0 Å². The van der Waals surface area contributed by atoms with Crippen LogP contribution in [0.15, 0.2) is 0 Å². The van der Waals surface area contributed by atoms with Gasteiger partial charge < -0.3 is 20.5 Å². The van der Waals surface area contributed by atoms with E-state index in [1.807, 2.05) is 13.8 Å². The lowest BCUT2D eigenvalue weighted by molar-refractivity contribution is -0.128. The van der Waals surface area contributed by atoms with Crippen LogP contribution in [-0.2, 0) is 9.53 Å². The van der Waals surface area contributed by atoms with Gasteiger partial charge in [0.2, 0.25) is 5.91 Å². The van der Waals surface area contributed by atoms with Crippen molar-refractivity contribution in [2.45, 2.75) is 58.2 Å². The van der Waals surface area contributed by atoms with Gasteiger partial charge in [-0.25, -0.2) is 0 Å². The number of carbonyl (C=O) groups is 1. The number of hydrogen-bond acceptors (Lipinski definition) is 4. The molecule has 0 heterocycles. The summed E-state index contributed by atoms with van der Waals surface area (Å²) < 4.78 is 5.73. The van der Waals surface area contributed by atoms with Crippen molar-refractivity contribution in [1.82, 2.24) is 10.6 Å². The molecule has 0 saturated heterocycles. The first-order valence-corrected chi connectivity index (χ1v) is 7.68. The Hall–Kier alpha value is -0.650. The molecular weight excluding hydrogens is 256 g/mol. The molecule has 20 heavy (non-hydrogen) atoms. The summed E-state index contributed by atoms with van der Waals surface area (Å²) in [6.07, 6.45) is 5.81. The molecule has 1 aliphatic carbocycles. The van der Waals surface area contributed by atoms with Crippen LogP contribution in [-0.4, -0.2) is 50.0 Å². The van der Waals surface area contributed by atoms with E-state index in [9.17, 15) is 9.90 Å². The second-order valence-corrected chi connectivity index (χ2v) is 6.34. The number of hydrogen-bond donors (Lipinski definition) is 3. The van der Waals surface area contributed by atoms with Crippen molar-refractivity contribution >= 4 is 5.91 Å². The zero-order chi connectivity index (χ0) is 15.0. The lowest BCUT2D eigenvalue weighted by atomic mass is 9.92. The van der Waals surface area contributed by atoms with E-state index in [1.54, 1.807) is 7.05 Å². The highest BCUT2D eigenvalue weighted by molar-refractivity contribution is 5.81. The van der Waals surface area contributed by atoms with Crippen molar-refractivity contribution in [2.75, 3.05) is 26.7 Å². The number of rotatable bonds is 8. The Morgan fingerprint density at radius 3 is 2.60 bits per heavy atom. The first-order chi connectivity index (χ1) is 9.45. The van der Waals surface area contributed by atoms with Crippen LogP contribution in [0.3, 0.4) is 0 Å². The quantitative estimate of drug-likeness (QED) is 0.624. The van der Waals surface area contributed by atoms with Gasteiger partial charge in [0.05, 0.1) is 24.2 Å². The van der Waals surface area contributed by atoms with Crippen LogP contribution in [0.5, 0.6) is 0 Å². The van der Waals surface area contributed by atoms with Gasteiger partial charge >= 0.3 is 0 Å². The van der Waals surface area contributed by atoms with Crippen molar-refractivity contribution in [3.63, 3.8) is 0 Å². The largest absolute Gasteiger partial charge is 0.389 e. The third kappa shape index (κ3) is 6.20. The number of aliphatic hydroxyl groups is 1. The van der Waals surface area contributed by atoms with Crippen LogP contribution in [0.4, 0.5) is 0 Å². The summed E-state index contributed by atoms with van der Waals surface area (Å²) in [5.41, 5.74) is -0.474. The predicted molar refractivity (Wildman–Crippen MR) is 79.5 cm³/mol. The molecule has 0 spiro atoms. The van der Waals surface area contributed by atoms with E-state index in [0.717, 1.165) is 12.8 Å². The number of aliphatic hydroxyl groups excluding tert-OH is 1. The van der Waals surface area contributed by atoms with Crippen molar-refractivity contribution in [2.24, 2.45) is 5.41 Å². The van der Waals surface area contributed by atoms with Crippen LogP contribution < -0.4 is 10.6 Å². The molecule has 0 aromatic heterocycles. The minimum atomic E-state index is -0.516. The fourth-order valence-corrected chi connectivity index (χ4v) is 2.51. The summed E-state index contributed by atoms with van der Waals surface area (Å²) in [5.74, 6) is -0.00190. The van der Waals surface area contributed by atoms with Crippen LogP contribution in [0.2, 0.25) is 0 Å². The number of nitrogens with one attached hydrogen (secondary N) is 2. The Morgan fingerprint density at radius 2 is 2.00 bits per heavy atom. The zero-order valence-electron chi connectivity index (χ0n) is 13.1. The molecule has 3 N–H and O–H groups in total. The topological polar surface area (TPSA) is 70.6 Å². The zero-order valence-corrected chi connectivity index (χ0v) is 13.1. The van der Waals surface area contributed by atoms with Gasteiger partial charge in [-0.05, 0) is 26.7 Å². The Bertz CT molecular complexity index is 289. The molecular formula is C15H30N2O3. The maximum atomic E-state index is 11.6. The van der Waals surface area contributed by atoms with Crippen molar-refractivity contribution < 1.29 is 14.6 Å². The molecule has 0 radical (unpaired) electrons. The highest BCUT2D eigenvalue weighted by Gasteiger charge is 2.26. The molecule has 1 rings (SSSR count). The minimum absolute atomic E-state index is 0.00190. The van der Waals surface area contributed by atoms with Gasteiger partial charge in [-0.1, -0.05) is 19.3 Å². The molecule has 0 bridgehead atoms. The molecule has 1 aliphatic rings. The van der Waals surface area contributed by atoms with Gasteiger partial charge in [0, 0.05) is 20.1 Å². The van der Waals surface area contributed by atoms with Gasteiger partial charge in [-0.3, -0.25) is 4.79 Å². The first-order valence-electron chi connectivity index (χ1n) is 7.68. The molecule has 0 aromatic carbocycles. The van der Waals surface area contributed by atoms with Crippen molar-refractivity contribution in [1.29, 1.82) is 0 Å². The number of ether oxygens (including phenoxy) is 1. The van der Waals surface area contributed by atoms with E-state index in [-0.39, 0.29) is 5.91 Å². The third-order valence-corrected chi connectivity index (χ3v) is 3.87. The normalized spacial score (nSPS) is 18.8. The monoisotopic (exact) mass is 286 g/mol. The lowest BCUT2D eigenvalue weighted by Crippen LogP contribution is -2.44. The Kier molecular flexibility index (Phi) is 7.48. The second-order valence-electron chi connectivity index (χ2n) is 6.34. The highest BCUT2D eigenvalue weighted by Crippen LogP contribution is 2.20. The first kappa shape index (κ1) is 17.4. The summed E-state index contributed by atoms with van der Waals surface area (Å²) in [7, 11) is 1.64. The lowest BCUT2D eigenvalue weighted by Gasteiger charge is -2.25. The maximum absolute atomic E-state index is 11.6. The van der Waals surface area contributed by atoms with E-state index < -0.39 is 11.5 Å². The Labute approximate surface area is 122 Å². The molecule has 5 heteroatoms. The molecule has 0 aliphatic heterocycles. The second kappa shape index (κ2) is 8.60. The molecule has 1 saturated carbocycles. The fourth-order valence-electron chi connectivity index (χ4n) is 2.51. The van der Waals surface area contributed by atoms with Crippen LogP contribution in [0, 0.1) is 5.41 Å². The number of carbonyl (C=O) groups excluding carboxylic acids is 1. The van der Waals surface area contributed by atoms with E-state index in [0.29, 0.717) is 25.8 Å². The van der Waals surface area contributed by atoms with Crippen molar-refractivity contribution in [3.05, 3.63) is 0 Å². The molecule has 0 aromatic rings. The number of amides is 1. The summed E-state index contributed by atoms with van der Waals surface area (Å²) in [6.45, 7) is 5.12. The molecule has 1 atom stereocenters. The average Bonchev–Trinajstić information content (AvgIpc) is 2.45. The fraction of sp³-hybridized carbons (Fsp3) is 0.933.